The van der Waals surface area contributed by atoms with Gasteiger partial charge < -0.3 is 10.1 Å². The molecule has 1 aromatic heterocycles. The molecule has 1 N–H and O–H groups in total. The maximum absolute atomic E-state index is 5.71. The lowest BCUT2D eigenvalue weighted by atomic mass is 10.0. The summed E-state index contributed by atoms with van der Waals surface area (Å²) in [6.07, 6.45) is 0.975. The summed E-state index contributed by atoms with van der Waals surface area (Å²) in [6.45, 7) is 0.755. The summed E-state index contributed by atoms with van der Waals surface area (Å²) in [6, 6.07) is 16.8. The third-order valence-corrected chi connectivity index (χ3v) is 4.46. The van der Waals surface area contributed by atoms with Crippen molar-refractivity contribution in [3.05, 3.63) is 54.1 Å². The van der Waals surface area contributed by atoms with Gasteiger partial charge >= 0.3 is 0 Å². The molecule has 0 saturated heterocycles. The van der Waals surface area contributed by atoms with E-state index in [4.69, 9.17) is 4.74 Å². The zero-order chi connectivity index (χ0) is 13.4. The predicted octanol–water partition coefficient (Wildman–Crippen LogP) is 4.23. The Kier molecular flexibility index (Phi) is 2.81. The molecule has 3 nitrogen and oxygen atoms in total. The first kappa shape index (κ1) is 11.7. The number of benzene rings is 2. The van der Waals surface area contributed by atoms with Crippen molar-refractivity contribution in [1.29, 1.82) is 0 Å². The van der Waals surface area contributed by atoms with Crippen LogP contribution in [0.2, 0.25) is 0 Å². The highest BCUT2D eigenvalue weighted by Crippen LogP contribution is 2.37. The monoisotopic (exact) mass is 282 g/mol. The van der Waals surface area contributed by atoms with Gasteiger partial charge in [0.15, 0.2) is 0 Å². The second kappa shape index (κ2) is 4.80. The number of ether oxygens (including phenoxy) is 1. The highest BCUT2D eigenvalue weighted by molar-refractivity contribution is 7.11. The first-order chi connectivity index (χ1) is 9.92. The molecule has 0 saturated carbocycles. The molecule has 4 heteroatoms. The first-order valence-corrected chi connectivity index (χ1v) is 7.52. The van der Waals surface area contributed by atoms with Crippen LogP contribution in [0, 0.1) is 0 Å². The molecule has 0 spiro atoms. The van der Waals surface area contributed by atoms with Crippen LogP contribution in [0.1, 0.15) is 18.0 Å². The van der Waals surface area contributed by atoms with Gasteiger partial charge in [0.2, 0.25) is 0 Å². The summed E-state index contributed by atoms with van der Waals surface area (Å²) in [5.74, 6) is 0.991. The summed E-state index contributed by atoms with van der Waals surface area (Å²) in [7, 11) is 0. The summed E-state index contributed by atoms with van der Waals surface area (Å²) in [5.41, 5.74) is 2.29. The highest BCUT2D eigenvalue weighted by atomic mass is 32.1. The Bertz CT molecular complexity index is 753. The Morgan fingerprint density at radius 2 is 1.95 bits per heavy atom. The minimum atomic E-state index is 0.295. The van der Waals surface area contributed by atoms with E-state index in [-0.39, 0.29) is 0 Å². The van der Waals surface area contributed by atoms with Crippen molar-refractivity contribution in [2.24, 2.45) is 0 Å². The van der Waals surface area contributed by atoms with Crippen molar-refractivity contribution in [3.8, 4) is 5.75 Å². The van der Waals surface area contributed by atoms with Crippen LogP contribution in [0.3, 0.4) is 0 Å². The number of hydrogen-bond acceptors (Lipinski definition) is 4. The third kappa shape index (κ3) is 1.93. The number of anilines is 1. The molecule has 0 amide bonds. The maximum Gasteiger partial charge on any atom is 0.124 e. The number of nitrogens with one attached hydrogen (secondary N) is 1. The lowest BCUT2D eigenvalue weighted by molar-refractivity contribution is 0.274. The first-order valence-electron chi connectivity index (χ1n) is 6.74. The molecule has 0 aliphatic carbocycles. The minimum absolute atomic E-state index is 0.295. The van der Waals surface area contributed by atoms with Gasteiger partial charge in [-0.2, -0.15) is 4.37 Å². The molecule has 2 aromatic carbocycles. The molecule has 1 aliphatic rings. The minimum Gasteiger partial charge on any atom is -0.493 e. The van der Waals surface area contributed by atoms with E-state index in [1.165, 1.54) is 22.5 Å². The van der Waals surface area contributed by atoms with Gasteiger partial charge in [-0.15, -0.1) is 0 Å². The summed E-state index contributed by atoms with van der Waals surface area (Å²) < 4.78 is 10.2. The van der Waals surface area contributed by atoms with Crippen LogP contribution in [0.15, 0.2) is 48.5 Å². The molecule has 1 atom stereocenters. The average molecular weight is 282 g/mol. The lowest BCUT2D eigenvalue weighted by Gasteiger charge is -2.26. The van der Waals surface area contributed by atoms with Gasteiger partial charge in [-0.25, -0.2) is 0 Å². The normalized spacial score (nSPS) is 17.5. The fraction of sp³-hybridized carbons (Fsp3) is 0.188. The predicted molar refractivity (Wildman–Crippen MR) is 82.5 cm³/mol. The van der Waals surface area contributed by atoms with E-state index >= 15 is 0 Å². The Labute approximate surface area is 121 Å². The number of hydrogen-bond donors (Lipinski definition) is 1. The number of nitrogens with zero attached hydrogens (tertiary/aromatic N) is 1. The van der Waals surface area contributed by atoms with E-state index in [0.717, 1.165) is 29.3 Å². The van der Waals surface area contributed by atoms with Crippen LogP contribution < -0.4 is 10.1 Å². The summed E-state index contributed by atoms with van der Waals surface area (Å²) >= 11 is 1.53. The van der Waals surface area contributed by atoms with Crippen molar-refractivity contribution < 1.29 is 4.74 Å². The van der Waals surface area contributed by atoms with Gasteiger partial charge in [0.05, 0.1) is 18.2 Å². The van der Waals surface area contributed by atoms with Crippen LogP contribution in [-0.2, 0) is 0 Å². The van der Waals surface area contributed by atoms with Gasteiger partial charge in [-0.05, 0) is 29.7 Å². The zero-order valence-electron chi connectivity index (χ0n) is 10.9. The van der Waals surface area contributed by atoms with E-state index in [1.807, 2.05) is 18.2 Å². The summed E-state index contributed by atoms with van der Waals surface area (Å²) in [4.78, 5) is 0. The largest absolute Gasteiger partial charge is 0.493 e. The highest BCUT2D eigenvalue weighted by Gasteiger charge is 2.22. The smallest absolute Gasteiger partial charge is 0.124 e. The molecule has 0 fully saturated rings. The van der Waals surface area contributed by atoms with Crippen molar-refractivity contribution in [2.45, 2.75) is 12.5 Å². The fourth-order valence-electron chi connectivity index (χ4n) is 2.64. The number of aromatic nitrogens is 1. The van der Waals surface area contributed by atoms with Crippen molar-refractivity contribution >= 4 is 27.4 Å². The zero-order valence-corrected chi connectivity index (χ0v) is 11.7. The molecular formula is C16H14N2OS. The summed E-state index contributed by atoms with van der Waals surface area (Å²) in [5, 5.41) is 5.97. The fourth-order valence-corrected chi connectivity index (χ4v) is 3.46. The molecule has 1 aliphatic heterocycles. The van der Waals surface area contributed by atoms with E-state index < -0.39 is 0 Å². The van der Waals surface area contributed by atoms with Gasteiger partial charge in [-0.1, -0.05) is 30.3 Å². The van der Waals surface area contributed by atoms with Crippen molar-refractivity contribution in [3.63, 3.8) is 0 Å². The number of para-hydroxylation sites is 1. The molecule has 20 heavy (non-hydrogen) atoms. The lowest BCUT2D eigenvalue weighted by Crippen LogP contribution is -2.19. The SMILES string of the molecule is c1ccc2c(c1)OCCC2Nc1snc2ccccc12. The molecule has 1 unspecified atom stereocenters. The van der Waals surface area contributed by atoms with Crippen LogP contribution in [-0.4, -0.2) is 11.0 Å². The Morgan fingerprint density at radius 1 is 1.10 bits per heavy atom. The van der Waals surface area contributed by atoms with E-state index in [9.17, 15) is 0 Å². The van der Waals surface area contributed by atoms with Crippen LogP contribution in [0.25, 0.3) is 10.9 Å². The molecule has 4 rings (SSSR count). The second-order valence-corrected chi connectivity index (χ2v) is 5.67. The van der Waals surface area contributed by atoms with Gasteiger partial charge in [-0.3, -0.25) is 0 Å². The van der Waals surface area contributed by atoms with E-state index in [2.05, 4.69) is 40.0 Å². The quantitative estimate of drug-likeness (QED) is 0.763. The number of fused-ring (bicyclic) bond motifs is 2. The third-order valence-electron chi connectivity index (χ3n) is 3.65. The van der Waals surface area contributed by atoms with Crippen LogP contribution in [0.5, 0.6) is 5.75 Å². The second-order valence-electron chi connectivity index (χ2n) is 4.90. The Balaban J connectivity index is 1.70. The van der Waals surface area contributed by atoms with Crippen molar-refractivity contribution in [1.82, 2.24) is 4.37 Å². The van der Waals surface area contributed by atoms with Crippen molar-refractivity contribution in [2.75, 3.05) is 11.9 Å². The molecule has 0 bridgehead atoms. The molecule has 100 valence electrons. The van der Waals surface area contributed by atoms with Crippen LogP contribution in [0.4, 0.5) is 5.00 Å². The molecule has 3 aromatic rings. The molecule has 0 radical (unpaired) electrons. The van der Waals surface area contributed by atoms with E-state index in [0.29, 0.717) is 6.04 Å². The Hall–Kier alpha value is -2.07. The van der Waals surface area contributed by atoms with Crippen LogP contribution >= 0.6 is 11.5 Å². The number of rotatable bonds is 2. The maximum atomic E-state index is 5.71. The van der Waals surface area contributed by atoms with E-state index in [1.54, 1.807) is 0 Å². The van der Waals surface area contributed by atoms with Gasteiger partial charge in [0.1, 0.15) is 10.8 Å². The molecular weight excluding hydrogens is 268 g/mol. The van der Waals surface area contributed by atoms with Gasteiger partial charge in [0, 0.05) is 17.4 Å². The standard InChI is InChI=1S/C16H14N2OS/c1-3-7-14-12(6-1)16(20-18-14)17-13-9-10-19-15-8-4-2-5-11(13)15/h1-8,13,17H,9-10H2. The topological polar surface area (TPSA) is 34.1 Å². The van der Waals surface area contributed by atoms with Gasteiger partial charge in [0.25, 0.3) is 0 Å². The Morgan fingerprint density at radius 3 is 2.95 bits per heavy atom. The molecule has 2 heterocycles. The average Bonchev–Trinajstić information content (AvgIpc) is 2.91.